The van der Waals surface area contributed by atoms with Crippen LogP contribution in [0.4, 0.5) is 0 Å². The molecule has 1 fully saturated rings. The van der Waals surface area contributed by atoms with Gasteiger partial charge in [0.2, 0.25) is 0 Å². The molecule has 2 N–H and O–H groups in total. The molecule has 0 atom stereocenters. The predicted octanol–water partition coefficient (Wildman–Crippen LogP) is 3.26. The van der Waals surface area contributed by atoms with Crippen molar-refractivity contribution in [1.82, 2.24) is 4.90 Å². The molecule has 0 radical (unpaired) electrons. The number of hydrogen-bond acceptors (Lipinski definition) is 2. The van der Waals surface area contributed by atoms with Gasteiger partial charge in [-0.2, -0.15) is 0 Å². The van der Waals surface area contributed by atoms with E-state index < -0.39 is 0 Å². The van der Waals surface area contributed by atoms with Gasteiger partial charge in [-0.25, -0.2) is 0 Å². The van der Waals surface area contributed by atoms with Crippen LogP contribution in [0.5, 0.6) is 0 Å². The van der Waals surface area contributed by atoms with Gasteiger partial charge in [0, 0.05) is 12.1 Å². The molecular weight excluding hydrogens is 208 g/mol. The maximum absolute atomic E-state index is 6.17. The van der Waals surface area contributed by atoms with Crippen molar-refractivity contribution in [2.45, 2.75) is 65.8 Å². The molecule has 2 nitrogen and oxygen atoms in total. The van der Waals surface area contributed by atoms with Crippen LogP contribution in [0, 0.1) is 10.8 Å². The van der Waals surface area contributed by atoms with E-state index in [2.05, 4.69) is 46.6 Å². The molecule has 102 valence electrons. The summed E-state index contributed by atoms with van der Waals surface area (Å²) in [6.45, 7) is 13.8. The van der Waals surface area contributed by atoms with E-state index in [1.54, 1.807) is 0 Å². The SMILES string of the molecule is CCCN(C)C1(CN)CC(C)(C)CC(C)(C)C1. The summed E-state index contributed by atoms with van der Waals surface area (Å²) < 4.78 is 0. The summed E-state index contributed by atoms with van der Waals surface area (Å²) in [7, 11) is 2.26. The van der Waals surface area contributed by atoms with Gasteiger partial charge in [-0.15, -0.1) is 0 Å². The van der Waals surface area contributed by atoms with Crippen LogP contribution >= 0.6 is 0 Å². The number of hydrogen-bond donors (Lipinski definition) is 1. The van der Waals surface area contributed by atoms with Crippen LogP contribution in [0.3, 0.4) is 0 Å². The number of likely N-dealkylation sites (N-methyl/N-ethyl adjacent to an activating group) is 1. The third kappa shape index (κ3) is 3.45. The highest BCUT2D eigenvalue weighted by Gasteiger charge is 2.48. The molecular formula is C15H32N2. The molecule has 2 heteroatoms. The minimum absolute atomic E-state index is 0.210. The first-order chi connectivity index (χ1) is 7.66. The molecule has 0 heterocycles. The molecule has 1 saturated carbocycles. The zero-order chi connectivity index (χ0) is 13.3. The van der Waals surface area contributed by atoms with E-state index in [9.17, 15) is 0 Å². The van der Waals surface area contributed by atoms with Gasteiger partial charge in [-0.1, -0.05) is 34.6 Å². The summed E-state index contributed by atoms with van der Waals surface area (Å²) in [5.41, 5.74) is 7.19. The van der Waals surface area contributed by atoms with Crippen molar-refractivity contribution in [2.24, 2.45) is 16.6 Å². The second-order valence-electron chi connectivity index (χ2n) is 7.71. The molecule has 0 unspecified atom stereocenters. The first-order valence-corrected chi connectivity index (χ1v) is 7.08. The fourth-order valence-electron chi connectivity index (χ4n) is 4.41. The standard InChI is InChI=1S/C15H32N2/c1-7-8-17(6)15(12-16)10-13(2,3)9-14(4,5)11-15/h7-12,16H2,1-6H3. The average Bonchev–Trinajstić information content (AvgIpc) is 2.13. The van der Waals surface area contributed by atoms with Gasteiger partial charge in [-0.3, -0.25) is 4.90 Å². The Hall–Kier alpha value is -0.0800. The van der Waals surface area contributed by atoms with Crippen LogP contribution in [0.25, 0.3) is 0 Å². The van der Waals surface area contributed by atoms with Gasteiger partial charge in [0.05, 0.1) is 0 Å². The molecule has 0 amide bonds. The van der Waals surface area contributed by atoms with E-state index in [1.165, 1.54) is 25.7 Å². The molecule has 1 aliphatic carbocycles. The molecule has 0 saturated heterocycles. The number of rotatable bonds is 4. The Bertz CT molecular complexity index is 240. The number of nitrogens with two attached hydrogens (primary N) is 1. The van der Waals surface area contributed by atoms with Crippen molar-refractivity contribution >= 4 is 0 Å². The Kier molecular flexibility index (Phi) is 4.31. The topological polar surface area (TPSA) is 29.3 Å². The summed E-state index contributed by atoms with van der Waals surface area (Å²) in [5, 5.41) is 0. The Morgan fingerprint density at radius 2 is 1.47 bits per heavy atom. The highest BCUT2D eigenvalue weighted by molar-refractivity contribution is 5.03. The fraction of sp³-hybridized carbons (Fsp3) is 1.00. The lowest BCUT2D eigenvalue weighted by Gasteiger charge is -2.55. The fourth-order valence-corrected chi connectivity index (χ4v) is 4.41. The summed E-state index contributed by atoms with van der Waals surface area (Å²) >= 11 is 0. The van der Waals surface area contributed by atoms with E-state index >= 15 is 0 Å². The predicted molar refractivity (Wildman–Crippen MR) is 76.1 cm³/mol. The van der Waals surface area contributed by atoms with Gasteiger partial charge < -0.3 is 5.73 Å². The van der Waals surface area contributed by atoms with E-state index in [-0.39, 0.29) is 5.54 Å². The summed E-state index contributed by atoms with van der Waals surface area (Å²) in [5.74, 6) is 0. The van der Waals surface area contributed by atoms with Crippen LogP contribution < -0.4 is 5.73 Å². The maximum Gasteiger partial charge on any atom is 0.0338 e. The number of nitrogens with zero attached hydrogens (tertiary/aromatic N) is 1. The van der Waals surface area contributed by atoms with Crippen molar-refractivity contribution in [3.63, 3.8) is 0 Å². The van der Waals surface area contributed by atoms with Crippen LogP contribution in [0.15, 0.2) is 0 Å². The minimum Gasteiger partial charge on any atom is -0.329 e. The summed E-state index contributed by atoms with van der Waals surface area (Å²) in [6.07, 6.45) is 4.98. The quantitative estimate of drug-likeness (QED) is 0.817. The van der Waals surface area contributed by atoms with Crippen LogP contribution in [-0.4, -0.2) is 30.6 Å². The van der Waals surface area contributed by atoms with E-state index in [1.807, 2.05) is 0 Å². The average molecular weight is 240 g/mol. The Morgan fingerprint density at radius 3 is 1.82 bits per heavy atom. The lowest BCUT2D eigenvalue weighted by Crippen LogP contribution is -2.59. The molecule has 0 aromatic carbocycles. The summed E-state index contributed by atoms with van der Waals surface area (Å²) in [6, 6.07) is 0. The third-order valence-electron chi connectivity index (χ3n) is 4.32. The Labute approximate surface area is 108 Å². The molecule has 17 heavy (non-hydrogen) atoms. The highest BCUT2D eigenvalue weighted by atomic mass is 15.2. The smallest absolute Gasteiger partial charge is 0.0338 e. The Balaban J connectivity index is 2.97. The van der Waals surface area contributed by atoms with Gasteiger partial charge in [0.25, 0.3) is 0 Å². The molecule has 0 aromatic heterocycles. The van der Waals surface area contributed by atoms with Gasteiger partial charge >= 0.3 is 0 Å². The van der Waals surface area contributed by atoms with Gasteiger partial charge in [0.15, 0.2) is 0 Å². The zero-order valence-electron chi connectivity index (χ0n) is 12.8. The van der Waals surface area contributed by atoms with Crippen LogP contribution in [0.1, 0.15) is 60.3 Å². The lowest BCUT2D eigenvalue weighted by atomic mass is 9.58. The summed E-state index contributed by atoms with van der Waals surface area (Å²) in [4.78, 5) is 2.52. The van der Waals surface area contributed by atoms with E-state index in [0.717, 1.165) is 13.1 Å². The van der Waals surface area contributed by atoms with E-state index in [0.29, 0.717) is 10.8 Å². The molecule has 1 aliphatic rings. The second kappa shape index (κ2) is 4.89. The first kappa shape index (κ1) is 15.0. The second-order valence-corrected chi connectivity index (χ2v) is 7.71. The Morgan fingerprint density at radius 1 is 1.00 bits per heavy atom. The van der Waals surface area contributed by atoms with E-state index in [4.69, 9.17) is 5.73 Å². The van der Waals surface area contributed by atoms with Crippen LogP contribution in [-0.2, 0) is 0 Å². The molecule has 1 rings (SSSR count). The third-order valence-corrected chi connectivity index (χ3v) is 4.32. The maximum atomic E-state index is 6.17. The molecule has 0 bridgehead atoms. The zero-order valence-corrected chi connectivity index (χ0v) is 12.8. The van der Waals surface area contributed by atoms with Gasteiger partial charge in [-0.05, 0) is 50.1 Å². The van der Waals surface area contributed by atoms with Crippen molar-refractivity contribution in [2.75, 3.05) is 20.1 Å². The largest absolute Gasteiger partial charge is 0.329 e. The molecule has 0 aliphatic heterocycles. The molecule has 0 aromatic rings. The monoisotopic (exact) mass is 240 g/mol. The van der Waals surface area contributed by atoms with Crippen molar-refractivity contribution in [1.29, 1.82) is 0 Å². The normalized spacial score (nSPS) is 26.1. The highest BCUT2D eigenvalue weighted by Crippen LogP contribution is 2.51. The minimum atomic E-state index is 0.210. The van der Waals surface area contributed by atoms with Crippen LogP contribution in [0.2, 0.25) is 0 Å². The van der Waals surface area contributed by atoms with Gasteiger partial charge in [0.1, 0.15) is 0 Å². The lowest BCUT2D eigenvalue weighted by molar-refractivity contribution is -0.0319. The van der Waals surface area contributed by atoms with Crippen molar-refractivity contribution in [3.05, 3.63) is 0 Å². The van der Waals surface area contributed by atoms with Crippen molar-refractivity contribution < 1.29 is 0 Å². The van der Waals surface area contributed by atoms with Crippen molar-refractivity contribution in [3.8, 4) is 0 Å². The molecule has 0 spiro atoms. The first-order valence-electron chi connectivity index (χ1n) is 7.08.